The molecular formula is C20H25N3O2. The highest BCUT2D eigenvalue weighted by Gasteiger charge is 2.19. The number of benzene rings is 1. The van der Waals surface area contributed by atoms with E-state index in [1.165, 1.54) is 6.20 Å². The first kappa shape index (κ1) is 18.6. The predicted molar refractivity (Wildman–Crippen MR) is 99.9 cm³/mol. The lowest BCUT2D eigenvalue weighted by atomic mass is 10.1. The molecule has 1 N–H and O–H groups in total. The number of nitrogens with one attached hydrogen (secondary N) is 1. The summed E-state index contributed by atoms with van der Waals surface area (Å²) in [5.41, 5.74) is 2.61. The molecule has 0 saturated carbocycles. The molecule has 1 aromatic heterocycles. The van der Waals surface area contributed by atoms with Gasteiger partial charge in [0, 0.05) is 30.5 Å². The van der Waals surface area contributed by atoms with E-state index in [2.05, 4.69) is 10.3 Å². The van der Waals surface area contributed by atoms with Crippen LogP contribution in [0.3, 0.4) is 0 Å². The molecule has 2 aromatic rings. The Bertz CT molecular complexity index is 756. The summed E-state index contributed by atoms with van der Waals surface area (Å²) in [6, 6.07) is 10.9. The normalized spacial score (nSPS) is 10.6. The summed E-state index contributed by atoms with van der Waals surface area (Å²) in [7, 11) is 0. The van der Waals surface area contributed by atoms with E-state index >= 15 is 0 Å². The van der Waals surface area contributed by atoms with E-state index in [1.54, 1.807) is 17.0 Å². The van der Waals surface area contributed by atoms with Crippen LogP contribution in [-0.4, -0.2) is 29.9 Å². The number of aryl methyl sites for hydroxylation is 1. The van der Waals surface area contributed by atoms with Gasteiger partial charge in [0.25, 0.3) is 11.8 Å². The summed E-state index contributed by atoms with van der Waals surface area (Å²) in [6.45, 7) is 9.08. The second kappa shape index (κ2) is 8.42. The van der Waals surface area contributed by atoms with Crippen LogP contribution in [-0.2, 0) is 0 Å². The SMILES string of the molecule is CCN(C(=O)c1cc(C(=O)NCC(C)C)ccn1)c1cccc(C)c1. The molecule has 0 atom stereocenters. The van der Waals surface area contributed by atoms with E-state index in [0.29, 0.717) is 24.6 Å². The van der Waals surface area contributed by atoms with Crippen molar-refractivity contribution < 1.29 is 9.59 Å². The van der Waals surface area contributed by atoms with Crippen LogP contribution < -0.4 is 10.2 Å². The lowest BCUT2D eigenvalue weighted by Crippen LogP contribution is -2.32. The van der Waals surface area contributed by atoms with Crippen molar-refractivity contribution in [2.45, 2.75) is 27.7 Å². The number of carbonyl (C=O) groups is 2. The van der Waals surface area contributed by atoms with Gasteiger partial charge in [0.2, 0.25) is 0 Å². The van der Waals surface area contributed by atoms with Crippen molar-refractivity contribution in [2.75, 3.05) is 18.0 Å². The number of nitrogens with zero attached hydrogens (tertiary/aromatic N) is 2. The Kier molecular flexibility index (Phi) is 6.28. The van der Waals surface area contributed by atoms with Gasteiger partial charge in [-0.1, -0.05) is 26.0 Å². The molecule has 1 heterocycles. The fraction of sp³-hybridized carbons (Fsp3) is 0.350. The van der Waals surface area contributed by atoms with E-state index in [1.807, 2.05) is 52.0 Å². The molecule has 25 heavy (non-hydrogen) atoms. The van der Waals surface area contributed by atoms with Crippen molar-refractivity contribution in [3.05, 3.63) is 59.4 Å². The monoisotopic (exact) mass is 339 g/mol. The fourth-order valence-electron chi connectivity index (χ4n) is 2.47. The molecule has 5 heteroatoms. The van der Waals surface area contributed by atoms with Crippen LogP contribution >= 0.6 is 0 Å². The Morgan fingerprint density at radius 1 is 1.20 bits per heavy atom. The van der Waals surface area contributed by atoms with Gasteiger partial charge < -0.3 is 10.2 Å². The maximum atomic E-state index is 12.9. The van der Waals surface area contributed by atoms with Crippen LogP contribution in [0.25, 0.3) is 0 Å². The smallest absolute Gasteiger partial charge is 0.276 e. The third kappa shape index (κ3) is 4.89. The largest absolute Gasteiger partial charge is 0.352 e. The minimum Gasteiger partial charge on any atom is -0.352 e. The molecule has 132 valence electrons. The topological polar surface area (TPSA) is 62.3 Å². The van der Waals surface area contributed by atoms with Crippen LogP contribution in [0.2, 0.25) is 0 Å². The van der Waals surface area contributed by atoms with Crippen LogP contribution in [0.15, 0.2) is 42.6 Å². The van der Waals surface area contributed by atoms with Crippen molar-refractivity contribution in [3.8, 4) is 0 Å². The summed E-state index contributed by atoms with van der Waals surface area (Å²) in [5.74, 6) is -0.0424. The molecule has 5 nitrogen and oxygen atoms in total. The van der Waals surface area contributed by atoms with Gasteiger partial charge in [0.1, 0.15) is 5.69 Å². The standard InChI is InChI=1S/C20H25N3O2/c1-5-23(17-8-6-7-15(4)11-17)20(25)18-12-16(9-10-21-18)19(24)22-13-14(2)3/h6-12,14H,5,13H2,1-4H3,(H,22,24). The second-order valence-corrected chi connectivity index (χ2v) is 6.42. The summed E-state index contributed by atoms with van der Waals surface area (Å²) in [6.07, 6.45) is 1.50. The molecule has 0 radical (unpaired) electrons. The average Bonchev–Trinajstić information content (AvgIpc) is 2.60. The van der Waals surface area contributed by atoms with Gasteiger partial charge in [-0.3, -0.25) is 14.6 Å². The number of hydrogen-bond acceptors (Lipinski definition) is 3. The third-order valence-corrected chi connectivity index (χ3v) is 3.79. The minimum atomic E-state index is -0.216. The summed E-state index contributed by atoms with van der Waals surface area (Å²) >= 11 is 0. The number of pyridine rings is 1. The van der Waals surface area contributed by atoms with Crippen molar-refractivity contribution >= 4 is 17.5 Å². The Labute approximate surface area is 149 Å². The Morgan fingerprint density at radius 2 is 1.96 bits per heavy atom. The number of anilines is 1. The highest BCUT2D eigenvalue weighted by Crippen LogP contribution is 2.18. The fourth-order valence-corrected chi connectivity index (χ4v) is 2.47. The van der Waals surface area contributed by atoms with E-state index in [-0.39, 0.29) is 17.5 Å². The van der Waals surface area contributed by atoms with E-state index in [9.17, 15) is 9.59 Å². The maximum absolute atomic E-state index is 12.9. The summed E-state index contributed by atoms with van der Waals surface area (Å²) in [5, 5.41) is 2.86. The third-order valence-electron chi connectivity index (χ3n) is 3.79. The molecule has 0 spiro atoms. The van der Waals surface area contributed by atoms with Crippen LogP contribution in [0, 0.1) is 12.8 Å². The highest BCUT2D eigenvalue weighted by atomic mass is 16.2. The van der Waals surface area contributed by atoms with Gasteiger partial charge in [-0.15, -0.1) is 0 Å². The lowest BCUT2D eigenvalue weighted by molar-refractivity contribution is 0.0949. The number of rotatable bonds is 6. The van der Waals surface area contributed by atoms with E-state index in [4.69, 9.17) is 0 Å². The number of aromatic nitrogens is 1. The highest BCUT2D eigenvalue weighted by molar-refractivity contribution is 6.06. The molecule has 0 saturated heterocycles. The zero-order valence-corrected chi connectivity index (χ0v) is 15.2. The van der Waals surface area contributed by atoms with Gasteiger partial charge >= 0.3 is 0 Å². The van der Waals surface area contributed by atoms with Crippen molar-refractivity contribution in [3.63, 3.8) is 0 Å². The Hall–Kier alpha value is -2.69. The Balaban J connectivity index is 2.23. The van der Waals surface area contributed by atoms with Gasteiger partial charge in [0.05, 0.1) is 0 Å². The molecule has 0 aliphatic heterocycles. The van der Waals surface area contributed by atoms with Crippen molar-refractivity contribution in [1.82, 2.24) is 10.3 Å². The quantitative estimate of drug-likeness (QED) is 0.877. The van der Waals surface area contributed by atoms with E-state index < -0.39 is 0 Å². The van der Waals surface area contributed by atoms with Gasteiger partial charge in [-0.05, 0) is 49.6 Å². The van der Waals surface area contributed by atoms with Crippen LogP contribution in [0.5, 0.6) is 0 Å². The molecule has 2 amide bonds. The molecular weight excluding hydrogens is 314 g/mol. The first-order valence-corrected chi connectivity index (χ1v) is 8.55. The van der Waals surface area contributed by atoms with Crippen LogP contribution in [0.4, 0.5) is 5.69 Å². The van der Waals surface area contributed by atoms with Crippen molar-refractivity contribution in [1.29, 1.82) is 0 Å². The average molecular weight is 339 g/mol. The van der Waals surface area contributed by atoms with Gasteiger partial charge in [-0.2, -0.15) is 0 Å². The maximum Gasteiger partial charge on any atom is 0.276 e. The number of carbonyl (C=O) groups excluding carboxylic acids is 2. The molecule has 1 aromatic carbocycles. The zero-order chi connectivity index (χ0) is 18.4. The molecule has 0 aliphatic carbocycles. The Morgan fingerprint density at radius 3 is 2.60 bits per heavy atom. The zero-order valence-electron chi connectivity index (χ0n) is 15.2. The number of amides is 2. The number of hydrogen-bond donors (Lipinski definition) is 1. The molecule has 2 rings (SSSR count). The second-order valence-electron chi connectivity index (χ2n) is 6.42. The molecule has 0 aliphatic rings. The predicted octanol–water partition coefficient (Wildman–Crippen LogP) is 3.44. The van der Waals surface area contributed by atoms with Gasteiger partial charge in [-0.25, -0.2) is 0 Å². The van der Waals surface area contributed by atoms with Crippen LogP contribution in [0.1, 0.15) is 47.2 Å². The summed E-state index contributed by atoms with van der Waals surface area (Å²) < 4.78 is 0. The van der Waals surface area contributed by atoms with Gasteiger partial charge in [0.15, 0.2) is 0 Å². The summed E-state index contributed by atoms with van der Waals surface area (Å²) in [4.78, 5) is 30.9. The first-order chi connectivity index (χ1) is 11.9. The first-order valence-electron chi connectivity index (χ1n) is 8.55. The van der Waals surface area contributed by atoms with E-state index in [0.717, 1.165) is 11.3 Å². The lowest BCUT2D eigenvalue weighted by Gasteiger charge is -2.21. The van der Waals surface area contributed by atoms with Crippen molar-refractivity contribution in [2.24, 2.45) is 5.92 Å². The molecule has 0 bridgehead atoms. The minimum absolute atomic E-state index is 0.191. The molecule has 0 fully saturated rings. The molecule has 0 unspecified atom stereocenters.